The van der Waals surface area contributed by atoms with E-state index in [4.69, 9.17) is 9.15 Å². The summed E-state index contributed by atoms with van der Waals surface area (Å²) in [6.45, 7) is 6.58. The van der Waals surface area contributed by atoms with Gasteiger partial charge in [0.1, 0.15) is 6.04 Å². The number of unbranched alkanes of at least 4 members (excludes halogenated alkanes) is 4. The summed E-state index contributed by atoms with van der Waals surface area (Å²) in [6, 6.07) is 2.57. The highest BCUT2D eigenvalue weighted by Gasteiger charge is 2.24. The molecule has 1 amide bonds. The van der Waals surface area contributed by atoms with Crippen molar-refractivity contribution in [2.24, 2.45) is 5.92 Å². The fourth-order valence-corrected chi connectivity index (χ4v) is 2.30. The number of ether oxygens (including phenoxy) is 1. The van der Waals surface area contributed by atoms with Crippen LogP contribution in [0.5, 0.6) is 0 Å². The minimum Gasteiger partial charge on any atom is -0.464 e. The molecule has 0 aliphatic heterocycles. The third-order valence-corrected chi connectivity index (χ3v) is 3.53. The number of carbonyl (C=O) groups excluding carboxylic acids is 2. The first-order valence-electron chi connectivity index (χ1n) is 8.55. The van der Waals surface area contributed by atoms with E-state index in [9.17, 15) is 9.59 Å². The minimum absolute atomic E-state index is 0.200. The van der Waals surface area contributed by atoms with E-state index in [-0.39, 0.29) is 23.6 Å². The fraction of sp³-hybridized carbons (Fsp3) is 0.667. The predicted octanol–water partition coefficient (Wildman–Crippen LogP) is 3.94. The van der Waals surface area contributed by atoms with Crippen LogP contribution in [0.15, 0.2) is 22.8 Å². The maximum absolute atomic E-state index is 12.2. The van der Waals surface area contributed by atoms with Crippen LogP contribution in [-0.4, -0.2) is 24.5 Å². The van der Waals surface area contributed by atoms with Gasteiger partial charge in [-0.1, -0.05) is 46.5 Å². The molecule has 0 aromatic carbocycles. The maximum Gasteiger partial charge on any atom is 0.328 e. The molecule has 0 spiro atoms. The lowest BCUT2D eigenvalue weighted by molar-refractivity contribution is -0.146. The van der Waals surface area contributed by atoms with Crippen molar-refractivity contribution in [1.29, 1.82) is 0 Å². The molecule has 1 heterocycles. The van der Waals surface area contributed by atoms with Crippen molar-refractivity contribution in [2.75, 3.05) is 6.61 Å². The first-order valence-corrected chi connectivity index (χ1v) is 8.55. The third kappa shape index (κ3) is 7.86. The lowest BCUT2D eigenvalue weighted by Gasteiger charge is -2.18. The van der Waals surface area contributed by atoms with Crippen LogP contribution in [0.1, 0.15) is 69.9 Å². The van der Waals surface area contributed by atoms with Gasteiger partial charge in [0.05, 0.1) is 12.9 Å². The molecule has 1 N–H and O–H groups in total. The van der Waals surface area contributed by atoms with Crippen LogP contribution < -0.4 is 5.32 Å². The number of hydrogen-bond donors (Lipinski definition) is 1. The normalized spacial score (nSPS) is 12.2. The zero-order valence-electron chi connectivity index (χ0n) is 14.5. The van der Waals surface area contributed by atoms with Crippen LogP contribution in [0.3, 0.4) is 0 Å². The molecule has 0 saturated heterocycles. The van der Waals surface area contributed by atoms with Crippen LogP contribution in [0.4, 0.5) is 0 Å². The average Bonchev–Trinajstić information content (AvgIpc) is 3.03. The van der Waals surface area contributed by atoms with Gasteiger partial charge in [-0.15, -0.1) is 0 Å². The van der Waals surface area contributed by atoms with Crippen molar-refractivity contribution in [2.45, 2.75) is 65.3 Å². The Balaban J connectivity index is 2.42. The Hall–Kier alpha value is -1.78. The molecule has 1 unspecified atom stereocenters. The average molecular weight is 323 g/mol. The Bertz CT molecular complexity index is 454. The van der Waals surface area contributed by atoms with Gasteiger partial charge in [-0.3, -0.25) is 4.79 Å². The van der Waals surface area contributed by atoms with E-state index in [1.54, 1.807) is 12.1 Å². The van der Waals surface area contributed by atoms with E-state index >= 15 is 0 Å². The second-order valence-corrected chi connectivity index (χ2v) is 6.21. The summed E-state index contributed by atoms with van der Waals surface area (Å²) < 4.78 is 10.4. The van der Waals surface area contributed by atoms with E-state index in [0.717, 1.165) is 12.8 Å². The summed E-state index contributed by atoms with van der Waals surface area (Å²) in [7, 11) is 0. The zero-order chi connectivity index (χ0) is 17.1. The number of esters is 1. The highest BCUT2D eigenvalue weighted by atomic mass is 16.5. The third-order valence-electron chi connectivity index (χ3n) is 3.53. The lowest BCUT2D eigenvalue weighted by atomic mass is 10.0. The molecule has 23 heavy (non-hydrogen) atoms. The molecule has 130 valence electrons. The Morgan fingerprint density at radius 2 is 1.96 bits per heavy atom. The van der Waals surface area contributed by atoms with Gasteiger partial charge >= 0.3 is 5.97 Å². The number of rotatable bonds is 11. The van der Waals surface area contributed by atoms with E-state index in [1.165, 1.54) is 25.5 Å². The van der Waals surface area contributed by atoms with Crippen molar-refractivity contribution >= 4 is 11.9 Å². The maximum atomic E-state index is 12.2. The number of hydrogen-bond acceptors (Lipinski definition) is 4. The van der Waals surface area contributed by atoms with Crippen LogP contribution >= 0.6 is 0 Å². The summed E-state index contributed by atoms with van der Waals surface area (Å²) >= 11 is 0. The molecule has 1 aromatic heterocycles. The van der Waals surface area contributed by atoms with Crippen molar-refractivity contribution < 1.29 is 18.7 Å². The summed E-state index contributed by atoms with van der Waals surface area (Å²) in [4.78, 5) is 24.2. The van der Waals surface area contributed by atoms with Gasteiger partial charge in [0.2, 0.25) is 0 Å². The van der Waals surface area contributed by atoms with Crippen molar-refractivity contribution in [3.63, 3.8) is 0 Å². The zero-order valence-corrected chi connectivity index (χ0v) is 14.5. The molecular formula is C18H29NO4. The molecule has 0 fully saturated rings. The van der Waals surface area contributed by atoms with Gasteiger partial charge in [-0.05, 0) is 30.9 Å². The molecule has 1 atom stereocenters. The van der Waals surface area contributed by atoms with Crippen LogP contribution in [0.2, 0.25) is 0 Å². The molecule has 0 aliphatic rings. The second kappa shape index (κ2) is 10.9. The van der Waals surface area contributed by atoms with Crippen molar-refractivity contribution in [3.8, 4) is 0 Å². The summed E-state index contributed by atoms with van der Waals surface area (Å²) in [6.07, 6.45) is 7.47. The monoisotopic (exact) mass is 323 g/mol. The summed E-state index contributed by atoms with van der Waals surface area (Å²) in [5.74, 6) is -0.283. The highest BCUT2D eigenvalue weighted by molar-refractivity contribution is 5.94. The topological polar surface area (TPSA) is 68.5 Å². The first-order chi connectivity index (χ1) is 11.0. The molecular weight excluding hydrogens is 294 g/mol. The first kappa shape index (κ1) is 19.3. The van der Waals surface area contributed by atoms with E-state index in [0.29, 0.717) is 13.0 Å². The van der Waals surface area contributed by atoms with Crippen LogP contribution in [0.25, 0.3) is 0 Å². The quantitative estimate of drug-likeness (QED) is 0.495. The Morgan fingerprint density at radius 1 is 1.22 bits per heavy atom. The van der Waals surface area contributed by atoms with Gasteiger partial charge in [-0.25, -0.2) is 4.79 Å². The molecule has 0 bridgehead atoms. The number of nitrogens with one attached hydrogen (secondary N) is 1. The second-order valence-electron chi connectivity index (χ2n) is 6.21. The van der Waals surface area contributed by atoms with Gasteiger partial charge in [0, 0.05) is 0 Å². The van der Waals surface area contributed by atoms with Crippen molar-refractivity contribution in [1.82, 2.24) is 5.32 Å². The Kier molecular flexibility index (Phi) is 9.10. The lowest BCUT2D eigenvalue weighted by Crippen LogP contribution is -2.42. The molecule has 5 nitrogen and oxygen atoms in total. The largest absolute Gasteiger partial charge is 0.464 e. The van der Waals surface area contributed by atoms with Gasteiger partial charge < -0.3 is 14.5 Å². The fourth-order valence-electron chi connectivity index (χ4n) is 2.30. The van der Waals surface area contributed by atoms with Crippen LogP contribution in [0, 0.1) is 5.92 Å². The van der Waals surface area contributed by atoms with Crippen molar-refractivity contribution in [3.05, 3.63) is 24.2 Å². The number of furan rings is 1. The van der Waals surface area contributed by atoms with E-state index in [2.05, 4.69) is 12.2 Å². The van der Waals surface area contributed by atoms with Gasteiger partial charge in [0.15, 0.2) is 5.76 Å². The van der Waals surface area contributed by atoms with Gasteiger partial charge in [0.25, 0.3) is 5.91 Å². The standard InChI is InChI=1S/C18H29NO4/c1-4-5-6-7-8-11-23-18(21)15(13-14(2)3)19-17(20)16-10-9-12-22-16/h9-10,12,14-15H,4-8,11,13H2,1-3H3,(H,19,20). The highest BCUT2D eigenvalue weighted by Crippen LogP contribution is 2.10. The molecule has 0 aliphatic carbocycles. The summed E-state index contributed by atoms with van der Waals surface area (Å²) in [5, 5.41) is 2.70. The molecule has 5 heteroatoms. The van der Waals surface area contributed by atoms with E-state index in [1.807, 2.05) is 13.8 Å². The van der Waals surface area contributed by atoms with E-state index < -0.39 is 6.04 Å². The van der Waals surface area contributed by atoms with Crippen LogP contribution in [-0.2, 0) is 9.53 Å². The SMILES string of the molecule is CCCCCCCOC(=O)C(CC(C)C)NC(=O)c1ccco1. The van der Waals surface area contributed by atoms with Gasteiger partial charge in [-0.2, -0.15) is 0 Å². The molecule has 0 saturated carbocycles. The molecule has 1 rings (SSSR count). The Labute approximate surface area is 138 Å². The summed E-state index contributed by atoms with van der Waals surface area (Å²) in [5.41, 5.74) is 0. The Morgan fingerprint density at radius 3 is 2.57 bits per heavy atom. The molecule has 1 aromatic rings. The smallest absolute Gasteiger partial charge is 0.328 e. The minimum atomic E-state index is -0.636. The molecule has 0 radical (unpaired) electrons. The number of amides is 1. The predicted molar refractivity (Wildman–Crippen MR) is 89.1 cm³/mol. The number of carbonyl (C=O) groups is 2.